The van der Waals surface area contributed by atoms with Crippen LogP contribution >= 0.6 is 0 Å². The zero-order valence-corrected chi connectivity index (χ0v) is 8.42. The Morgan fingerprint density at radius 1 is 1.12 bits per heavy atom. The minimum absolute atomic E-state index is 0.557. The quantitative estimate of drug-likeness (QED) is 0.807. The number of nitrogens with zero attached hydrogens (tertiary/aromatic N) is 1. The third-order valence-corrected chi connectivity index (χ3v) is 2.13. The zero-order chi connectivity index (χ0) is 11.4. The van der Waals surface area contributed by atoms with Crippen LogP contribution in [0.15, 0.2) is 48.8 Å². The van der Waals surface area contributed by atoms with Gasteiger partial charge in [0.25, 0.3) is 0 Å². The monoisotopic (exact) mass is 214 g/mol. The molecule has 0 unspecified atom stereocenters. The molecule has 0 fully saturated rings. The van der Waals surface area contributed by atoms with Gasteiger partial charge in [-0.25, -0.2) is 4.79 Å². The number of rotatable bonds is 2. The molecule has 0 aliphatic heterocycles. The SMILES string of the molecule is O=C(O)Nc1cccc(-c2ccncc2)c1. The molecule has 0 saturated heterocycles. The molecule has 1 amide bonds. The topological polar surface area (TPSA) is 62.2 Å². The van der Waals surface area contributed by atoms with E-state index in [2.05, 4.69) is 10.3 Å². The van der Waals surface area contributed by atoms with E-state index in [1.54, 1.807) is 30.6 Å². The Morgan fingerprint density at radius 3 is 2.56 bits per heavy atom. The van der Waals surface area contributed by atoms with Crippen molar-refractivity contribution in [2.24, 2.45) is 0 Å². The standard InChI is InChI=1S/C12H10N2O2/c15-12(16)14-11-3-1-2-10(8-11)9-4-6-13-7-5-9/h1-8,14H,(H,15,16). The summed E-state index contributed by atoms with van der Waals surface area (Å²) >= 11 is 0. The highest BCUT2D eigenvalue weighted by Crippen LogP contribution is 2.21. The van der Waals surface area contributed by atoms with Gasteiger partial charge in [0.2, 0.25) is 0 Å². The van der Waals surface area contributed by atoms with E-state index in [1.165, 1.54) is 0 Å². The van der Waals surface area contributed by atoms with Crippen molar-refractivity contribution in [2.75, 3.05) is 5.32 Å². The van der Waals surface area contributed by atoms with Gasteiger partial charge in [-0.15, -0.1) is 0 Å². The van der Waals surface area contributed by atoms with E-state index in [-0.39, 0.29) is 0 Å². The number of amides is 1. The molecule has 0 spiro atoms. The molecule has 2 rings (SSSR count). The molecule has 0 aliphatic rings. The highest BCUT2D eigenvalue weighted by molar-refractivity contribution is 5.84. The first-order valence-corrected chi connectivity index (χ1v) is 4.76. The second-order valence-electron chi connectivity index (χ2n) is 3.25. The van der Waals surface area contributed by atoms with E-state index in [9.17, 15) is 4.79 Å². The van der Waals surface area contributed by atoms with E-state index < -0.39 is 6.09 Å². The van der Waals surface area contributed by atoms with Gasteiger partial charge in [-0.2, -0.15) is 0 Å². The van der Waals surface area contributed by atoms with Crippen molar-refractivity contribution in [3.05, 3.63) is 48.8 Å². The molecule has 1 aromatic carbocycles. The van der Waals surface area contributed by atoms with Gasteiger partial charge < -0.3 is 5.11 Å². The number of hydrogen-bond donors (Lipinski definition) is 2. The first-order valence-electron chi connectivity index (χ1n) is 4.76. The molecular weight excluding hydrogens is 204 g/mol. The summed E-state index contributed by atoms with van der Waals surface area (Å²) in [6, 6.07) is 11.0. The fourth-order valence-corrected chi connectivity index (χ4v) is 1.44. The van der Waals surface area contributed by atoms with Gasteiger partial charge >= 0.3 is 6.09 Å². The Balaban J connectivity index is 2.33. The highest BCUT2D eigenvalue weighted by atomic mass is 16.4. The van der Waals surface area contributed by atoms with Crippen molar-refractivity contribution in [3.63, 3.8) is 0 Å². The van der Waals surface area contributed by atoms with Gasteiger partial charge in [0.1, 0.15) is 0 Å². The molecule has 0 saturated carbocycles. The van der Waals surface area contributed by atoms with Crippen LogP contribution in [0.3, 0.4) is 0 Å². The largest absolute Gasteiger partial charge is 0.465 e. The smallest absolute Gasteiger partial charge is 0.409 e. The van der Waals surface area contributed by atoms with Crippen LogP contribution in [0.1, 0.15) is 0 Å². The molecule has 0 atom stereocenters. The van der Waals surface area contributed by atoms with E-state index in [0.717, 1.165) is 11.1 Å². The van der Waals surface area contributed by atoms with Crippen LogP contribution in [0.5, 0.6) is 0 Å². The summed E-state index contributed by atoms with van der Waals surface area (Å²) in [7, 11) is 0. The van der Waals surface area contributed by atoms with Crippen molar-refractivity contribution in [1.82, 2.24) is 4.98 Å². The highest BCUT2D eigenvalue weighted by Gasteiger charge is 2.00. The lowest BCUT2D eigenvalue weighted by Gasteiger charge is -2.04. The predicted molar refractivity (Wildman–Crippen MR) is 61.3 cm³/mol. The summed E-state index contributed by atoms with van der Waals surface area (Å²) in [5.41, 5.74) is 2.51. The summed E-state index contributed by atoms with van der Waals surface area (Å²) in [6.45, 7) is 0. The van der Waals surface area contributed by atoms with Crippen LogP contribution in [0.25, 0.3) is 11.1 Å². The molecule has 2 N–H and O–H groups in total. The Labute approximate surface area is 92.6 Å². The molecule has 4 heteroatoms. The lowest BCUT2D eigenvalue weighted by atomic mass is 10.1. The summed E-state index contributed by atoms with van der Waals surface area (Å²) in [6.07, 6.45) is 2.34. The summed E-state index contributed by atoms with van der Waals surface area (Å²) < 4.78 is 0. The van der Waals surface area contributed by atoms with Crippen molar-refractivity contribution in [3.8, 4) is 11.1 Å². The molecule has 4 nitrogen and oxygen atoms in total. The maximum absolute atomic E-state index is 10.5. The van der Waals surface area contributed by atoms with Crippen molar-refractivity contribution < 1.29 is 9.90 Å². The molecule has 1 aromatic heterocycles. The minimum atomic E-state index is -1.06. The number of carboxylic acid groups (broad SMARTS) is 1. The Hall–Kier alpha value is -2.36. The summed E-state index contributed by atoms with van der Waals surface area (Å²) in [5, 5.41) is 10.9. The Bertz CT molecular complexity index is 497. The first-order chi connectivity index (χ1) is 7.75. The summed E-state index contributed by atoms with van der Waals surface area (Å²) in [4.78, 5) is 14.4. The van der Waals surface area contributed by atoms with Crippen LogP contribution in [0, 0.1) is 0 Å². The maximum atomic E-state index is 10.5. The minimum Gasteiger partial charge on any atom is -0.465 e. The van der Waals surface area contributed by atoms with Crippen molar-refractivity contribution in [2.45, 2.75) is 0 Å². The first kappa shape index (κ1) is 10.2. The average molecular weight is 214 g/mol. The Morgan fingerprint density at radius 2 is 1.88 bits per heavy atom. The number of hydrogen-bond acceptors (Lipinski definition) is 2. The van der Waals surface area contributed by atoms with Crippen molar-refractivity contribution in [1.29, 1.82) is 0 Å². The van der Waals surface area contributed by atoms with Crippen molar-refractivity contribution >= 4 is 11.8 Å². The fourth-order valence-electron chi connectivity index (χ4n) is 1.44. The van der Waals surface area contributed by atoms with Crippen LogP contribution < -0.4 is 5.32 Å². The third kappa shape index (κ3) is 2.36. The van der Waals surface area contributed by atoms with Crippen LogP contribution in [0.4, 0.5) is 10.5 Å². The lowest BCUT2D eigenvalue weighted by Crippen LogP contribution is -2.06. The molecule has 0 radical (unpaired) electrons. The second kappa shape index (κ2) is 4.44. The van der Waals surface area contributed by atoms with Gasteiger partial charge in [0, 0.05) is 18.1 Å². The van der Waals surface area contributed by atoms with Gasteiger partial charge in [-0.3, -0.25) is 10.3 Å². The van der Waals surface area contributed by atoms with E-state index >= 15 is 0 Å². The molecule has 1 heterocycles. The number of anilines is 1. The van der Waals surface area contributed by atoms with E-state index in [1.807, 2.05) is 18.2 Å². The van der Waals surface area contributed by atoms with Gasteiger partial charge in [-0.05, 0) is 35.4 Å². The van der Waals surface area contributed by atoms with Crippen LogP contribution in [0.2, 0.25) is 0 Å². The Kier molecular flexibility index (Phi) is 2.82. The number of carbonyl (C=O) groups is 1. The third-order valence-electron chi connectivity index (χ3n) is 2.13. The molecule has 0 aliphatic carbocycles. The van der Waals surface area contributed by atoms with E-state index in [4.69, 9.17) is 5.11 Å². The number of nitrogens with one attached hydrogen (secondary N) is 1. The van der Waals surface area contributed by atoms with Crippen LogP contribution in [-0.2, 0) is 0 Å². The van der Waals surface area contributed by atoms with Crippen LogP contribution in [-0.4, -0.2) is 16.2 Å². The molecule has 0 bridgehead atoms. The van der Waals surface area contributed by atoms with Gasteiger partial charge in [0.05, 0.1) is 0 Å². The van der Waals surface area contributed by atoms with E-state index in [0.29, 0.717) is 5.69 Å². The molecule has 80 valence electrons. The van der Waals surface area contributed by atoms with Gasteiger partial charge in [0.15, 0.2) is 0 Å². The maximum Gasteiger partial charge on any atom is 0.409 e. The zero-order valence-electron chi connectivity index (χ0n) is 8.42. The normalized spacial score (nSPS) is 9.75. The van der Waals surface area contributed by atoms with Gasteiger partial charge in [-0.1, -0.05) is 12.1 Å². The molecular formula is C12H10N2O2. The predicted octanol–water partition coefficient (Wildman–Crippen LogP) is 2.84. The summed E-state index contributed by atoms with van der Waals surface area (Å²) in [5.74, 6) is 0. The average Bonchev–Trinajstić information content (AvgIpc) is 2.30. The number of aromatic nitrogens is 1. The molecule has 2 aromatic rings. The lowest BCUT2D eigenvalue weighted by molar-refractivity contribution is 0.210. The molecule has 16 heavy (non-hydrogen) atoms. The fraction of sp³-hybridized carbons (Fsp3) is 0. The number of pyridine rings is 1. The second-order valence-corrected chi connectivity index (χ2v) is 3.25. The number of benzene rings is 1.